The fraction of sp³-hybridized carbons (Fsp3) is 0.400. The Morgan fingerprint density at radius 3 is 2.73 bits per heavy atom. The van der Waals surface area contributed by atoms with E-state index in [1.165, 1.54) is 7.11 Å². The average Bonchev–Trinajstić information content (AvgIpc) is 2.18. The molecule has 0 bridgehead atoms. The molecule has 1 aromatic rings. The van der Waals surface area contributed by atoms with Gasteiger partial charge < -0.3 is 21.3 Å². The first kappa shape index (κ1) is 12.3. The van der Waals surface area contributed by atoms with Gasteiger partial charge in [0.1, 0.15) is 0 Å². The average molecular weight is 275 g/mol. The first-order valence-electron chi connectivity index (χ1n) is 4.62. The molecule has 0 fully saturated rings. The topological polar surface area (TPSA) is 81.5 Å². The van der Waals surface area contributed by atoms with Crippen LogP contribution in [0.5, 0.6) is 11.5 Å². The molecule has 0 aliphatic carbocycles. The normalized spacial score (nSPS) is 12.5. The van der Waals surface area contributed by atoms with Crippen LogP contribution in [-0.4, -0.2) is 18.8 Å². The molecule has 0 spiro atoms. The van der Waals surface area contributed by atoms with Gasteiger partial charge in [0.05, 0.1) is 7.11 Å². The van der Waals surface area contributed by atoms with Crippen LogP contribution in [0.15, 0.2) is 16.6 Å². The highest BCUT2D eigenvalue weighted by atomic mass is 79.9. The minimum atomic E-state index is -0.292. The summed E-state index contributed by atoms with van der Waals surface area (Å²) in [6, 6.07) is 3.18. The Bertz CT molecular complexity index is 344. The summed E-state index contributed by atoms with van der Waals surface area (Å²) in [4.78, 5) is 0. The maximum atomic E-state index is 9.89. The second-order valence-electron chi connectivity index (χ2n) is 3.20. The molecule has 5 N–H and O–H groups in total. The van der Waals surface area contributed by atoms with Crippen LogP contribution in [0.2, 0.25) is 0 Å². The van der Waals surface area contributed by atoms with Gasteiger partial charge in [-0.3, -0.25) is 0 Å². The van der Waals surface area contributed by atoms with E-state index in [0.29, 0.717) is 24.3 Å². The molecular formula is C10H15BrN2O2. The van der Waals surface area contributed by atoms with E-state index in [1.54, 1.807) is 12.1 Å². The number of ether oxygens (including phenoxy) is 1. The molecule has 15 heavy (non-hydrogen) atoms. The van der Waals surface area contributed by atoms with Crippen LogP contribution < -0.4 is 16.2 Å². The largest absolute Gasteiger partial charge is 0.504 e. The summed E-state index contributed by atoms with van der Waals surface area (Å²) in [5.74, 6) is 0.494. The first-order valence-corrected chi connectivity index (χ1v) is 5.42. The minimum Gasteiger partial charge on any atom is -0.504 e. The Morgan fingerprint density at radius 1 is 1.53 bits per heavy atom. The maximum absolute atomic E-state index is 9.89. The molecule has 0 aliphatic rings. The van der Waals surface area contributed by atoms with Crippen LogP contribution in [0.25, 0.3) is 0 Å². The van der Waals surface area contributed by atoms with Crippen LogP contribution in [0.1, 0.15) is 18.0 Å². The van der Waals surface area contributed by atoms with Crippen molar-refractivity contribution in [2.45, 2.75) is 12.5 Å². The van der Waals surface area contributed by atoms with Crippen LogP contribution >= 0.6 is 15.9 Å². The number of halogens is 1. The molecule has 0 saturated heterocycles. The number of hydrogen-bond acceptors (Lipinski definition) is 4. The molecule has 1 atom stereocenters. The Morgan fingerprint density at radius 2 is 2.20 bits per heavy atom. The molecule has 0 radical (unpaired) electrons. The summed E-state index contributed by atoms with van der Waals surface area (Å²) in [7, 11) is 1.50. The number of phenolic OH excluding ortho intramolecular Hbond substituents is 1. The Kier molecular flexibility index (Phi) is 4.38. The van der Waals surface area contributed by atoms with E-state index in [1.807, 2.05) is 0 Å². The predicted octanol–water partition coefficient (Wildman–Crippen LogP) is 1.51. The lowest BCUT2D eigenvalue weighted by Crippen LogP contribution is -2.16. The molecule has 84 valence electrons. The summed E-state index contributed by atoms with van der Waals surface area (Å²) >= 11 is 3.34. The lowest BCUT2D eigenvalue weighted by molar-refractivity contribution is 0.367. The van der Waals surface area contributed by atoms with Gasteiger partial charge in [0.2, 0.25) is 0 Å². The summed E-state index contributed by atoms with van der Waals surface area (Å²) in [6.45, 7) is 0.476. The SMILES string of the molecule is COc1ccc(Br)c([C@@H](N)CCN)c1O. The van der Waals surface area contributed by atoms with Gasteiger partial charge in [0.15, 0.2) is 11.5 Å². The van der Waals surface area contributed by atoms with Crippen molar-refractivity contribution in [1.82, 2.24) is 0 Å². The van der Waals surface area contributed by atoms with E-state index in [-0.39, 0.29) is 11.8 Å². The van der Waals surface area contributed by atoms with Crippen LogP contribution in [0.4, 0.5) is 0 Å². The molecular weight excluding hydrogens is 260 g/mol. The molecule has 5 heteroatoms. The van der Waals surface area contributed by atoms with Crippen LogP contribution in [-0.2, 0) is 0 Å². The lowest BCUT2D eigenvalue weighted by Gasteiger charge is -2.16. The second kappa shape index (κ2) is 5.34. The molecule has 1 aromatic carbocycles. The van der Waals surface area contributed by atoms with Gasteiger partial charge in [0.25, 0.3) is 0 Å². The van der Waals surface area contributed by atoms with E-state index in [4.69, 9.17) is 16.2 Å². The van der Waals surface area contributed by atoms with E-state index in [2.05, 4.69) is 15.9 Å². The van der Waals surface area contributed by atoms with Crippen LogP contribution in [0.3, 0.4) is 0 Å². The van der Waals surface area contributed by atoms with Crippen molar-refractivity contribution in [2.75, 3.05) is 13.7 Å². The van der Waals surface area contributed by atoms with Crippen molar-refractivity contribution in [2.24, 2.45) is 11.5 Å². The lowest BCUT2D eigenvalue weighted by atomic mass is 10.0. The van der Waals surface area contributed by atoms with Gasteiger partial charge in [-0.05, 0) is 25.1 Å². The Labute approximate surface area is 97.3 Å². The fourth-order valence-corrected chi connectivity index (χ4v) is 2.02. The number of benzene rings is 1. The Balaban J connectivity index is 3.14. The fourth-order valence-electron chi connectivity index (χ4n) is 1.40. The highest BCUT2D eigenvalue weighted by molar-refractivity contribution is 9.10. The molecule has 0 heterocycles. The molecule has 0 saturated carbocycles. The van der Waals surface area contributed by atoms with Crippen molar-refractivity contribution in [3.8, 4) is 11.5 Å². The third-order valence-corrected chi connectivity index (χ3v) is 2.89. The molecule has 1 rings (SSSR count). The molecule has 4 nitrogen and oxygen atoms in total. The van der Waals surface area contributed by atoms with Crippen molar-refractivity contribution in [3.05, 3.63) is 22.2 Å². The number of nitrogens with two attached hydrogens (primary N) is 2. The molecule has 0 aromatic heterocycles. The summed E-state index contributed by atoms with van der Waals surface area (Å²) in [5.41, 5.74) is 12.0. The molecule has 0 amide bonds. The smallest absolute Gasteiger partial charge is 0.163 e. The monoisotopic (exact) mass is 274 g/mol. The van der Waals surface area contributed by atoms with Gasteiger partial charge >= 0.3 is 0 Å². The molecule has 0 aliphatic heterocycles. The van der Waals surface area contributed by atoms with E-state index >= 15 is 0 Å². The summed E-state index contributed by atoms with van der Waals surface area (Å²) in [5, 5.41) is 9.89. The van der Waals surface area contributed by atoms with Gasteiger partial charge in [-0.15, -0.1) is 0 Å². The zero-order valence-electron chi connectivity index (χ0n) is 8.53. The van der Waals surface area contributed by atoms with Crippen molar-refractivity contribution >= 4 is 15.9 Å². The third-order valence-electron chi connectivity index (χ3n) is 2.20. The van der Waals surface area contributed by atoms with Crippen LogP contribution in [0, 0.1) is 0 Å². The number of aromatic hydroxyl groups is 1. The maximum Gasteiger partial charge on any atom is 0.163 e. The van der Waals surface area contributed by atoms with Gasteiger partial charge in [-0.2, -0.15) is 0 Å². The standard InChI is InChI=1S/C10H15BrN2O2/c1-15-8-3-2-6(11)9(10(8)14)7(13)4-5-12/h2-3,7,14H,4-5,12-13H2,1H3/t7-/m0/s1. The van der Waals surface area contributed by atoms with E-state index in [0.717, 1.165) is 4.47 Å². The van der Waals surface area contributed by atoms with Gasteiger partial charge in [-0.25, -0.2) is 0 Å². The van der Waals surface area contributed by atoms with Crippen molar-refractivity contribution in [3.63, 3.8) is 0 Å². The zero-order chi connectivity index (χ0) is 11.4. The minimum absolute atomic E-state index is 0.0767. The quantitative estimate of drug-likeness (QED) is 0.778. The Hall–Kier alpha value is -0.780. The highest BCUT2D eigenvalue weighted by Gasteiger charge is 2.17. The van der Waals surface area contributed by atoms with E-state index < -0.39 is 0 Å². The first-order chi connectivity index (χ1) is 7.11. The number of phenols is 1. The zero-order valence-corrected chi connectivity index (χ0v) is 10.1. The summed E-state index contributed by atoms with van der Waals surface area (Å²) in [6.07, 6.45) is 0.610. The molecule has 0 unspecified atom stereocenters. The number of hydrogen-bond donors (Lipinski definition) is 3. The third kappa shape index (κ3) is 2.62. The van der Waals surface area contributed by atoms with Gasteiger partial charge in [-0.1, -0.05) is 15.9 Å². The highest BCUT2D eigenvalue weighted by Crippen LogP contribution is 2.38. The van der Waals surface area contributed by atoms with Crippen molar-refractivity contribution in [1.29, 1.82) is 0 Å². The summed E-state index contributed by atoms with van der Waals surface area (Å²) < 4.78 is 5.78. The van der Waals surface area contributed by atoms with Crippen molar-refractivity contribution < 1.29 is 9.84 Å². The number of rotatable bonds is 4. The van der Waals surface area contributed by atoms with Gasteiger partial charge in [0, 0.05) is 16.1 Å². The second-order valence-corrected chi connectivity index (χ2v) is 4.05. The number of methoxy groups -OCH3 is 1. The van der Waals surface area contributed by atoms with E-state index in [9.17, 15) is 5.11 Å². The predicted molar refractivity (Wildman–Crippen MR) is 63.0 cm³/mol.